The molecule has 4 aliphatic heterocycles. The van der Waals surface area contributed by atoms with E-state index >= 15 is 0 Å². The third-order valence-corrected chi connectivity index (χ3v) is 10.8. The van der Waals surface area contributed by atoms with Crippen molar-refractivity contribution < 1.29 is 28.5 Å². The van der Waals surface area contributed by atoms with Crippen LogP contribution in [-0.2, 0) is 20.7 Å². The number of nitrogens with zero attached hydrogens (tertiary/aromatic N) is 2. The van der Waals surface area contributed by atoms with E-state index in [9.17, 15) is 9.59 Å². The summed E-state index contributed by atoms with van der Waals surface area (Å²) in [4.78, 5) is 31.8. The molecule has 0 unspecified atom stereocenters. The highest BCUT2D eigenvalue weighted by Gasteiger charge is 2.57. The minimum Gasteiger partial charge on any atom is -0.456 e. The van der Waals surface area contributed by atoms with E-state index in [2.05, 4.69) is 49.6 Å². The molecule has 0 aromatic heterocycles. The van der Waals surface area contributed by atoms with Gasteiger partial charge in [-0.3, -0.25) is 0 Å². The van der Waals surface area contributed by atoms with Crippen molar-refractivity contribution in [1.82, 2.24) is 0 Å². The van der Waals surface area contributed by atoms with Crippen molar-refractivity contribution in [2.45, 2.75) is 38.9 Å². The van der Waals surface area contributed by atoms with Gasteiger partial charge in [0.1, 0.15) is 23.0 Å². The van der Waals surface area contributed by atoms with Gasteiger partial charge in [0.25, 0.3) is 0 Å². The monoisotopic (exact) mass is 664 g/mol. The summed E-state index contributed by atoms with van der Waals surface area (Å²) in [6.45, 7) is 11.8. The highest BCUT2D eigenvalue weighted by Crippen LogP contribution is 2.62. The van der Waals surface area contributed by atoms with Gasteiger partial charge in [0.05, 0.1) is 22.3 Å². The first-order valence-electron chi connectivity index (χ1n) is 17.4. The van der Waals surface area contributed by atoms with Gasteiger partial charge in [-0.2, -0.15) is 0 Å². The van der Waals surface area contributed by atoms with Gasteiger partial charge in [0.2, 0.25) is 0 Å². The maximum absolute atomic E-state index is 13.6. The summed E-state index contributed by atoms with van der Waals surface area (Å²) >= 11 is 0. The molecular formula is C42H36N2O6. The first-order valence-corrected chi connectivity index (χ1v) is 17.4. The minimum absolute atomic E-state index is 0.407. The Hall–Kier alpha value is -5.76. The molecule has 0 radical (unpaired) electrons. The standard InChI is InChI=1S/C42H36N2O6/c1-5-43(6-2)25-17-19-31-35(21-25)47-37-23-34-38(24-33(37)41(31)29-15-11-9-13-27(29)39(45)49-41)48-36-22-26(44(7-3)8-4)18-20-32(36)42(34)30-16-12-10-14-28(30)40(46)50-42/h9-24H,5-8H2,1-4H3/t41-,42-/m0/s1. The van der Waals surface area contributed by atoms with Gasteiger partial charge in [-0.1, -0.05) is 36.4 Å². The van der Waals surface area contributed by atoms with Gasteiger partial charge < -0.3 is 28.7 Å². The van der Waals surface area contributed by atoms with Crippen LogP contribution in [0, 0.1) is 0 Å². The number of benzene rings is 5. The summed E-state index contributed by atoms with van der Waals surface area (Å²) < 4.78 is 26.7. The molecule has 0 N–H and O–H groups in total. The Morgan fingerprint density at radius 2 is 0.840 bits per heavy atom. The molecule has 0 saturated carbocycles. The van der Waals surface area contributed by atoms with E-state index in [0.717, 1.165) is 59.8 Å². The van der Waals surface area contributed by atoms with E-state index in [4.69, 9.17) is 18.9 Å². The lowest BCUT2D eigenvalue weighted by molar-refractivity contribution is 0.0195. The number of rotatable bonds is 6. The third kappa shape index (κ3) is 3.87. The van der Waals surface area contributed by atoms with Crippen molar-refractivity contribution in [2.75, 3.05) is 36.0 Å². The number of esters is 2. The van der Waals surface area contributed by atoms with E-state index in [1.807, 2.05) is 72.8 Å². The first-order chi connectivity index (χ1) is 24.4. The van der Waals surface area contributed by atoms with E-state index in [0.29, 0.717) is 45.3 Å². The van der Waals surface area contributed by atoms with Gasteiger partial charge >= 0.3 is 11.9 Å². The molecule has 50 heavy (non-hydrogen) atoms. The second-order valence-corrected chi connectivity index (χ2v) is 13.0. The van der Waals surface area contributed by atoms with Crippen molar-refractivity contribution in [3.63, 3.8) is 0 Å². The zero-order valence-corrected chi connectivity index (χ0v) is 28.4. The zero-order chi connectivity index (χ0) is 34.4. The maximum Gasteiger partial charge on any atom is 0.340 e. The van der Waals surface area contributed by atoms with Gasteiger partial charge in [0.15, 0.2) is 11.2 Å². The molecule has 2 atom stereocenters. The molecule has 0 saturated heterocycles. The predicted octanol–water partition coefficient (Wildman–Crippen LogP) is 8.52. The quantitative estimate of drug-likeness (QED) is 0.167. The molecule has 5 aromatic rings. The maximum atomic E-state index is 13.6. The average molecular weight is 665 g/mol. The third-order valence-electron chi connectivity index (χ3n) is 10.8. The van der Waals surface area contributed by atoms with Crippen LogP contribution in [0.3, 0.4) is 0 Å². The highest BCUT2D eigenvalue weighted by molar-refractivity contribution is 5.98. The molecule has 0 bridgehead atoms. The van der Waals surface area contributed by atoms with Gasteiger partial charge in [-0.05, 0) is 76.2 Å². The largest absolute Gasteiger partial charge is 0.456 e. The number of anilines is 2. The summed E-state index contributed by atoms with van der Waals surface area (Å²) in [6, 6.07) is 31.0. The molecule has 4 aliphatic rings. The molecule has 0 fully saturated rings. The Kier molecular flexibility index (Phi) is 6.59. The zero-order valence-electron chi connectivity index (χ0n) is 28.4. The summed E-state index contributed by atoms with van der Waals surface area (Å²) in [5.74, 6) is 1.34. The number of hydrogen-bond acceptors (Lipinski definition) is 8. The molecule has 4 heterocycles. The number of hydrogen-bond donors (Lipinski definition) is 0. The van der Waals surface area contributed by atoms with Crippen LogP contribution in [0.25, 0.3) is 0 Å². The van der Waals surface area contributed by atoms with Crippen LogP contribution in [0.15, 0.2) is 97.1 Å². The van der Waals surface area contributed by atoms with Crippen LogP contribution in [0.2, 0.25) is 0 Å². The molecule has 0 aliphatic carbocycles. The summed E-state index contributed by atoms with van der Waals surface area (Å²) in [5.41, 5.74) is 4.61. The fourth-order valence-corrected chi connectivity index (χ4v) is 8.38. The minimum atomic E-state index is -1.29. The van der Waals surface area contributed by atoms with E-state index in [1.165, 1.54) is 0 Å². The number of carbonyl (C=O) groups is 2. The molecule has 9 rings (SSSR count). The van der Waals surface area contributed by atoms with Crippen molar-refractivity contribution >= 4 is 23.3 Å². The van der Waals surface area contributed by atoms with Crippen LogP contribution < -0.4 is 19.3 Å². The second kappa shape index (κ2) is 10.9. The van der Waals surface area contributed by atoms with Crippen LogP contribution in [0.1, 0.15) is 81.8 Å². The van der Waals surface area contributed by atoms with Gasteiger partial charge in [-0.25, -0.2) is 9.59 Å². The Morgan fingerprint density at radius 1 is 0.460 bits per heavy atom. The molecule has 8 heteroatoms. The summed E-state index contributed by atoms with van der Waals surface area (Å²) in [7, 11) is 0. The lowest BCUT2D eigenvalue weighted by atomic mass is 9.74. The molecule has 8 nitrogen and oxygen atoms in total. The fraction of sp³-hybridized carbons (Fsp3) is 0.238. The molecule has 2 spiro atoms. The highest BCUT2D eigenvalue weighted by atomic mass is 16.6. The normalized spacial score (nSPS) is 20.0. The fourth-order valence-electron chi connectivity index (χ4n) is 8.38. The smallest absolute Gasteiger partial charge is 0.340 e. The Morgan fingerprint density at radius 3 is 1.24 bits per heavy atom. The molecule has 0 amide bonds. The van der Waals surface area contributed by atoms with Crippen molar-refractivity contribution in [3.05, 3.63) is 142 Å². The molecular weight excluding hydrogens is 628 g/mol. The van der Waals surface area contributed by atoms with Crippen LogP contribution in [0.5, 0.6) is 23.0 Å². The van der Waals surface area contributed by atoms with Crippen molar-refractivity contribution in [3.8, 4) is 23.0 Å². The van der Waals surface area contributed by atoms with Crippen LogP contribution in [-0.4, -0.2) is 38.1 Å². The van der Waals surface area contributed by atoms with E-state index in [1.54, 1.807) is 12.1 Å². The van der Waals surface area contributed by atoms with E-state index in [-0.39, 0.29) is 0 Å². The Bertz CT molecular complexity index is 2100. The van der Waals surface area contributed by atoms with Gasteiger partial charge in [0, 0.05) is 71.9 Å². The first kappa shape index (κ1) is 30.3. The number of fused-ring (bicyclic) bond motifs is 12. The SMILES string of the molecule is CCN(CC)c1ccc2c(c1)Oc1cc3c(cc1[C@@]21OC(=O)c2ccccc21)Oc1cc(N(CC)CC)ccc1[C@]31OC(=O)c2ccccc21. The molecule has 250 valence electrons. The average Bonchev–Trinajstić information content (AvgIpc) is 3.60. The topological polar surface area (TPSA) is 77.5 Å². The van der Waals surface area contributed by atoms with E-state index < -0.39 is 23.1 Å². The Labute approximate surface area is 290 Å². The van der Waals surface area contributed by atoms with Gasteiger partial charge in [-0.15, -0.1) is 0 Å². The molecule has 5 aromatic carbocycles. The lowest BCUT2D eigenvalue weighted by Crippen LogP contribution is -2.36. The van der Waals surface area contributed by atoms with Crippen molar-refractivity contribution in [1.29, 1.82) is 0 Å². The summed E-state index contributed by atoms with van der Waals surface area (Å²) in [6.07, 6.45) is 0. The Balaban J connectivity index is 1.33. The van der Waals surface area contributed by atoms with Crippen LogP contribution >= 0.6 is 0 Å². The predicted molar refractivity (Wildman–Crippen MR) is 190 cm³/mol. The summed E-state index contributed by atoms with van der Waals surface area (Å²) in [5, 5.41) is 0. The van der Waals surface area contributed by atoms with Crippen molar-refractivity contribution in [2.24, 2.45) is 0 Å². The lowest BCUT2D eigenvalue weighted by Gasteiger charge is -2.41. The van der Waals surface area contributed by atoms with Crippen LogP contribution in [0.4, 0.5) is 11.4 Å². The number of carbonyl (C=O) groups excluding carboxylic acids is 2. The second-order valence-electron chi connectivity index (χ2n) is 13.0. The number of ether oxygens (including phenoxy) is 4.